The van der Waals surface area contributed by atoms with Crippen molar-refractivity contribution in [3.63, 3.8) is 0 Å². The van der Waals surface area contributed by atoms with Crippen molar-refractivity contribution < 1.29 is 27.4 Å². The Kier molecular flexibility index (Phi) is 4.60. The molecule has 0 fully saturated rings. The molecule has 18 heavy (non-hydrogen) atoms. The van der Waals surface area contributed by atoms with E-state index in [1.54, 1.807) is 7.05 Å². The Hall–Kier alpha value is -1.70. The lowest BCUT2D eigenvalue weighted by Crippen LogP contribution is -2.20. The molecule has 0 aliphatic rings. The van der Waals surface area contributed by atoms with Crippen molar-refractivity contribution in [2.45, 2.75) is 6.18 Å². The van der Waals surface area contributed by atoms with Crippen molar-refractivity contribution in [2.75, 3.05) is 25.6 Å². The van der Waals surface area contributed by atoms with Crippen LogP contribution in [0.15, 0.2) is 12.3 Å². The second kappa shape index (κ2) is 5.76. The number of carbonyl (C=O) groups is 1. The molecule has 0 aromatic carbocycles. The molecule has 0 bridgehead atoms. The van der Waals surface area contributed by atoms with Crippen LogP contribution in [0.4, 0.5) is 18.9 Å². The number of aryl methyl sites for hydroxylation is 1. The van der Waals surface area contributed by atoms with Gasteiger partial charge in [-0.15, -0.1) is 0 Å². The number of nitrogen functional groups attached to an aromatic ring is 1. The highest BCUT2D eigenvalue weighted by atomic mass is 19.4. The summed E-state index contributed by atoms with van der Waals surface area (Å²) in [5.74, 6) is -0.662. The van der Waals surface area contributed by atoms with E-state index in [4.69, 9.17) is 10.5 Å². The molecule has 0 atom stereocenters. The smallest absolute Gasteiger partial charge is 0.411 e. The van der Waals surface area contributed by atoms with Crippen LogP contribution in [0.3, 0.4) is 0 Å². The van der Waals surface area contributed by atoms with E-state index in [0.29, 0.717) is 5.69 Å². The molecule has 0 amide bonds. The van der Waals surface area contributed by atoms with Crippen molar-refractivity contribution in [3.8, 4) is 0 Å². The van der Waals surface area contributed by atoms with Crippen LogP contribution in [-0.2, 0) is 16.5 Å². The molecule has 0 saturated carbocycles. The molecule has 1 aromatic heterocycles. The number of ether oxygens (including phenoxy) is 2. The molecule has 102 valence electrons. The van der Waals surface area contributed by atoms with Gasteiger partial charge in [0.1, 0.15) is 18.9 Å². The predicted octanol–water partition coefficient (Wildman–Crippen LogP) is 1.34. The van der Waals surface area contributed by atoms with E-state index in [9.17, 15) is 18.0 Å². The number of hydrogen-bond donors (Lipinski definition) is 1. The van der Waals surface area contributed by atoms with Gasteiger partial charge in [-0.05, 0) is 6.07 Å². The molecule has 1 heterocycles. The minimum Gasteiger partial charge on any atom is -0.459 e. The highest BCUT2D eigenvalue weighted by molar-refractivity contribution is 5.89. The van der Waals surface area contributed by atoms with Crippen LogP contribution < -0.4 is 5.73 Å². The van der Waals surface area contributed by atoms with Crippen molar-refractivity contribution in [1.82, 2.24) is 4.57 Å². The molecule has 0 radical (unpaired) electrons. The number of hydrogen-bond acceptors (Lipinski definition) is 4. The third-order valence-electron chi connectivity index (χ3n) is 1.96. The number of esters is 1. The maximum absolute atomic E-state index is 11.7. The van der Waals surface area contributed by atoms with Crippen molar-refractivity contribution >= 4 is 11.7 Å². The van der Waals surface area contributed by atoms with Crippen molar-refractivity contribution in [1.29, 1.82) is 0 Å². The molecular formula is C10H13F3N2O3. The molecule has 0 unspecified atom stereocenters. The highest BCUT2D eigenvalue weighted by Gasteiger charge is 2.27. The topological polar surface area (TPSA) is 66.5 Å². The van der Waals surface area contributed by atoms with Gasteiger partial charge in [-0.3, -0.25) is 0 Å². The highest BCUT2D eigenvalue weighted by Crippen LogP contribution is 2.14. The van der Waals surface area contributed by atoms with Gasteiger partial charge in [-0.25, -0.2) is 4.79 Å². The number of nitrogens with two attached hydrogens (primary N) is 1. The van der Waals surface area contributed by atoms with E-state index in [1.165, 1.54) is 16.8 Å². The van der Waals surface area contributed by atoms with Gasteiger partial charge in [0.05, 0.1) is 12.3 Å². The molecule has 1 rings (SSSR count). The summed E-state index contributed by atoms with van der Waals surface area (Å²) < 4.78 is 45.6. The van der Waals surface area contributed by atoms with Gasteiger partial charge >= 0.3 is 12.1 Å². The van der Waals surface area contributed by atoms with E-state index in [0.717, 1.165) is 0 Å². The fraction of sp³-hybridized carbons (Fsp3) is 0.500. The summed E-state index contributed by atoms with van der Waals surface area (Å²) in [5.41, 5.74) is 6.09. The Balaban J connectivity index is 2.28. The molecule has 8 heteroatoms. The molecule has 0 spiro atoms. The van der Waals surface area contributed by atoms with E-state index in [-0.39, 0.29) is 18.9 Å². The number of halogens is 3. The number of rotatable bonds is 5. The van der Waals surface area contributed by atoms with Crippen LogP contribution in [0.5, 0.6) is 0 Å². The van der Waals surface area contributed by atoms with Gasteiger partial charge in [0.2, 0.25) is 0 Å². The second-order valence-electron chi connectivity index (χ2n) is 3.57. The average molecular weight is 266 g/mol. The molecule has 0 saturated heterocycles. The summed E-state index contributed by atoms with van der Waals surface area (Å²) in [4.78, 5) is 11.5. The zero-order valence-corrected chi connectivity index (χ0v) is 9.66. The van der Waals surface area contributed by atoms with Crippen LogP contribution in [0, 0.1) is 0 Å². The first-order valence-corrected chi connectivity index (χ1v) is 5.03. The lowest BCUT2D eigenvalue weighted by molar-refractivity contribution is -0.175. The van der Waals surface area contributed by atoms with E-state index < -0.39 is 18.8 Å². The fourth-order valence-corrected chi connectivity index (χ4v) is 1.25. The predicted molar refractivity (Wildman–Crippen MR) is 57.0 cm³/mol. The van der Waals surface area contributed by atoms with Crippen LogP contribution in [-0.4, -0.2) is 36.5 Å². The fourth-order valence-electron chi connectivity index (χ4n) is 1.25. The summed E-state index contributed by atoms with van der Waals surface area (Å²) in [6.45, 7) is -1.92. The number of anilines is 1. The number of aromatic nitrogens is 1. The SMILES string of the molecule is Cn1cc(N)cc1C(=O)OCCOCC(F)(F)F. The Labute approximate surface area is 101 Å². The quantitative estimate of drug-likeness (QED) is 0.645. The van der Waals surface area contributed by atoms with Gasteiger partial charge < -0.3 is 19.8 Å². The second-order valence-corrected chi connectivity index (χ2v) is 3.57. The van der Waals surface area contributed by atoms with Crippen LogP contribution >= 0.6 is 0 Å². The van der Waals surface area contributed by atoms with Gasteiger partial charge in [0, 0.05) is 13.2 Å². The molecule has 0 aliphatic heterocycles. The minimum absolute atomic E-state index is 0.225. The van der Waals surface area contributed by atoms with Crippen LogP contribution in [0.25, 0.3) is 0 Å². The molecule has 5 nitrogen and oxygen atoms in total. The largest absolute Gasteiger partial charge is 0.459 e. The molecule has 1 aromatic rings. The normalized spacial score (nSPS) is 11.6. The first kappa shape index (κ1) is 14.4. The van der Waals surface area contributed by atoms with Crippen LogP contribution in [0.1, 0.15) is 10.5 Å². The Morgan fingerprint density at radius 2 is 2.11 bits per heavy atom. The average Bonchev–Trinajstić information content (AvgIpc) is 2.55. The third kappa shape index (κ3) is 4.66. The summed E-state index contributed by atoms with van der Waals surface area (Å²) in [7, 11) is 1.60. The minimum atomic E-state index is -4.38. The summed E-state index contributed by atoms with van der Waals surface area (Å²) in [6.07, 6.45) is -2.85. The lowest BCUT2D eigenvalue weighted by atomic mass is 10.4. The van der Waals surface area contributed by atoms with E-state index in [1.807, 2.05) is 0 Å². The van der Waals surface area contributed by atoms with Crippen molar-refractivity contribution in [3.05, 3.63) is 18.0 Å². The van der Waals surface area contributed by atoms with Gasteiger partial charge in [-0.2, -0.15) is 13.2 Å². The molecule has 2 N–H and O–H groups in total. The van der Waals surface area contributed by atoms with Gasteiger partial charge in [0.15, 0.2) is 0 Å². The molecular weight excluding hydrogens is 253 g/mol. The first-order valence-electron chi connectivity index (χ1n) is 5.03. The maximum Gasteiger partial charge on any atom is 0.411 e. The number of carbonyl (C=O) groups excluding carboxylic acids is 1. The van der Waals surface area contributed by atoms with Crippen molar-refractivity contribution in [2.24, 2.45) is 7.05 Å². The number of alkyl halides is 3. The zero-order valence-electron chi connectivity index (χ0n) is 9.66. The Morgan fingerprint density at radius 3 is 2.61 bits per heavy atom. The number of nitrogens with zero attached hydrogens (tertiary/aromatic N) is 1. The molecule has 0 aliphatic carbocycles. The lowest BCUT2D eigenvalue weighted by Gasteiger charge is -2.08. The van der Waals surface area contributed by atoms with Crippen LogP contribution in [0.2, 0.25) is 0 Å². The first-order chi connectivity index (χ1) is 8.29. The standard InChI is InChI=1S/C10H13F3N2O3/c1-15-5-7(14)4-8(15)9(16)18-3-2-17-6-10(11,12)13/h4-5H,2-3,6,14H2,1H3. The van der Waals surface area contributed by atoms with Gasteiger partial charge in [0.25, 0.3) is 0 Å². The zero-order chi connectivity index (χ0) is 13.8. The summed E-state index contributed by atoms with van der Waals surface area (Å²) >= 11 is 0. The van der Waals surface area contributed by atoms with E-state index in [2.05, 4.69) is 4.74 Å². The Bertz CT molecular complexity index is 415. The van der Waals surface area contributed by atoms with E-state index >= 15 is 0 Å². The monoisotopic (exact) mass is 266 g/mol. The summed E-state index contributed by atoms with van der Waals surface area (Å²) in [6, 6.07) is 1.42. The maximum atomic E-state index is 11.7. The third-order valence-corrected chi connectivity index (χ3v) is 1.96. The van der Waals surface area contributed by atoms with Gasteiger partial charge in [-0.1, -0.05) is 0 Å². The summed E-state index contributed by atoms with van der Waals surface area (Å²) in [5, 5.41) is 0. The Morgan fingerprint density at radius 1 is 1.44 bits per heavy atom.